The summed E-state index contributed by atoms with van der Waals surface area (Å²) in [6, 6.07) is 6.37. The van der Waals surface area contributed by atoms with Crippen LogP contribution < -0.4 is 9.64 Å². The largest absolute Gasteiger partial charge is 0.482 e. The van der Waals surface area contributed by atoms with Gasteiger partial charge in [0.15, 0.2) is 6.61 Å². The summed E-state index contributed by atoms with van der Waals surface area (Å²) in [7, 11) is 3.44. The number of ether oxygens (including phenoxy) is 2. The highest BCUT2D eigenvalue weighted by Crippen LogP contribution is 2.44. The number of hydrogen-bond acceptors (Lipinski definition) is 4. The van der Waals surface area contributed by atoms with Gasteiger partial charge in [-0.25, -0.2) is 4.79 Å². The molecule has 2 rings (SSSR count). The molecule has 1 heterocycles. The van der Waals surface area contributed by atoms with Crippen molar-refractivity contribution in [2.24, 2.45) is 0 Å². The minimum atomic E-state index is -0.361. The quantitative estimate of drug-likeness (QED) is 0.770. The summed E-state index contributed by atoms with van der Waals surface area (Å²) in [5, 5.41) is 0. The Labute approximate surface area is 107 Å². The lowest BCUT2D eigenvalue weighted by Gasteiger charge is -2.20. The van der Waals surface area contributed by atoms with Gasteiger partial charge in [-0.05, 0) is 19.1 Å². The molecule has 0 saturated heterocycles. The first-order chi connectivity index (χ1) is 8.56. The predicted octanol–water partition coefficient (Wildman–Crippen LogP) is 2.18. The molecule has 1 aromatic rings. The minimum absolute atomic E-state index is 0.0439. The third-order valence-electron chi connectivity index (χ3n) is 3.79. The van der Waals surface area contributed by atoms with Crippen molar-refractivity contribution >= 4 is 11.7 Å². The second-order valence-electron chi connectivity index (χ2n) is 4.69. The van der Waals surface area contributed by atoms with Crippen molar-refractivity contribution in [2.75, 3.05) is 25.7 Å². The van der Waals surface area contributed by atoms with E-state index in [4.69, 9.17) is 4.74 Å². The highest BCUT2D eigenvalue weighted by atomic mass is 16.6. The van der Waals surface area contributed by atoms with Gasteiger partial charge < -0.3 is 14.4 Å². The highest BCUT2D eigenvalue weighted by molar-refractivity contribution is 5.71. The maximum atomic E-state index is 11.1. The topological polar surface area (TPSA) is 38.8 Å². The number of carbonyl (C=O) groups excluding carboxylic acids is 1. The number of nitrogens with zero attached hydrogens (tertiary/aromatic N) is 1. The van der Waals surface area contributed by atoms with Crippen LogP contribution in [0.5, 0.6) is 5.75 Å². The van der Waals surface area contributed by atoms with Crippen molar-refractivity contribution in [1.82, 2.24) is 0 Å². The SMILES string of the molecule is COC(=O)COc1cccc2c1C(C)C(C)N2C. The fraction of sp³-hybridized carbons (Fsp3) is 0.500. The Hall–Kier alpha value is -1.71. The second-order valence-corrected chi connectivity index (χ2v) is 4.69. The standard InChI is InChI=1S/C14H19NO3/c1-9-10(2)15(3)11-6-5-7-12(14(9)11)18-8-13(16)17-4/h5-7,9-10H,8H2,1-4H3. The van der Waals surface area contributed by atoms with Crippen LogP contribution in [-0.2, 0) is 9.53 Å². The molecule has 0 amide bonds. The number of likely N-dealkylation sites (N-methyl/N-ethyl adjacent to an activating group) is 1. The number of anilines is 1. The van der Waals surface area contributed by atoms with Crippen molar-refractivity contribution in [3.8, 4) is 5.75 Å². The lowest BCUT2D eigenvalue weighted by Crippen LogP contribution is -2.25. The number of fused-ring (bicyclic) bond motifs is 1. The number of carbonyl (C=O) groups is 1. The van der Waals surface area contributed by atoms with E-state index in [0.29, 0.717) is 12.0 Å². The van der Waals surface area contributed by atoms with E-state index < -0.39 is 0 Å². The lowest BCUT2D eigenvalue weighted by molar-refractivity contribution is -0.142. The summed E-state index contributed by atoms with van der Waals surface area (Å²) >= 11 is 0. The third-order valence-corrected chi connectivity index (χ3v) is 3.79. The van der Waals surface area contributed by atoms with Crippen LogP contribution in [0, 0.1) is 0 Å². The molecule has 2 atom stereocenters. The lowest BCUT2D eigenvalue weighted by atomic mass is 9.97. The van der Waals surface area contributed by atoms with Gasteiger partial charge in [0.1, 0.15) is 5.75 Å². The van der Waals surface area contributed by atoms with E-state index in [9.17, 15) is 4.79 Å². The number of rotatable bonds is 3. The molecule has 1 aliphatic rings. The molecule has 1 aromatic carbocycles. The van der Waals surface area contributed by atoms with Crippen LogP contribution in [0.15, 0.2) is 18.2 Å². The zero-order chi connectivity index (χ0) is 13.3. The van der Waals surface area contributed by atoms with Gasteiger partial charge in [0.05, 0.1) is 7.11 Å². The van der Waals surface area contributed by atoms with Crippen LogP contribution in [-0.4, -0.2) is 32.8 Å². The summed E-state index contributed by atoms with van der Waals surface area (Å²) < 4.78 is 10.2. The van der Waals surface area contributed by atoms with Gasteiger partial charge in [-0.15, -0.1) is 0 Å². The number of benzene rings is 1. The Kier molecular flexibility index (Phi) is 3.45. The van der Waals surface area contributed by atoms with Crippen LogP contribution in [0.25, 0.3) is 0 Å². The average molecular weight is 249 g/mol. The molecule has 0 radical (unpaired) electrons. The summed E-state index contributed by atoms with van der Waals surface area (Å²) in [4.78, 5) is 13.4. The van der Waals surface area contributed by atoms with Gasteiger partial charge in [0.25, 0.3) is 0 Å². The Morgan fingerprint density at radius 1 is 1.39 bits per heavy atom. The van der Waals surface area contributed by atoms with Crippen molar-refractivity contribution in [3.05, 3.63) is 23.8 Å². The first-order valence-electron chi connectivity index (χ1n) is 6.11. The van der Waals surface area contributed by atoms with E-state index in [0.717, 1.165) is 5.75 Å². The zero-order valence-corrected chi connectivity index (χ0v) is 11.3. The van der Waals surface area contributed by atoms with E-state index >= 15 is 0 Å². The molecule has 0 bridgehead atoms. The van der Waals surface area contributed by atoms with Crippen LogP contribution in [0.3, 0.4) is 0 Å². The molecule has 4 heteroatoms. The number of methoxy groups -OCH3 is 1. The maximum Gasteiger partial charge on any atom is 0.343 e. The van der Waals surface area contributed by atoms with Crippen LogP contribution in [0.1, 0.15) is 25.3 Å². The predicted molar refractivity (Wildman–Crippen MR) is 70.2 cm³/mol. The van der Waals surface area contributed by atoms with Crippen molar-refractivity contribution < 1.29 is 14.3 Å². The van der Waals surface area contributed by atoms with E-state index in [1.807, 2.05) is 12.1 Å². The summed E-state index contributed by atoms with van der Waals surface area (Å²) in [6.45, 7) is 4.32. The van der Waals surface area contributed by atoms with Crippen molar-refractivity contribution in [2.45, 2.75) is 25.8 Å². The molecule has 98 valence electrons. The second kappa shape index (κ2) is 4.88. The highest BCUT2D eigenvalue weighted by Gasteiger charge is 2.32. The Morgan fingerprint density at radius 3 is 2.78 bits per heavy atom. The van der Waals surface area contributed by atoms with Gasteiger partial charge >= 0.3 is 5.97 Å². The van der Waals surface area contributed by atoms with Gasteiger partial charge in [-0.1, -0.05) is 13.0 Å². The van der Waals surface area contributed by atoms with Gasteiger partial charge in [-0.3, -0.25) is 0 Å². The van der Waals surface area contributed by atoms with Crippen LogP contribution >= 0.6 is 0 Å². The van der Waals surface area contributed by atoms with E-state index in [1.54, 1.807) is 0 Å². The van der Waals surface area contributed by atoms with Crippen LogP contribution in [0.2, 0.25) is 0 Å². The fourth-order valence-corrected chi connectivity index (χ4v) is 2.42. The molecule has 0 N–H and O–H groups in total. The first-order valence-corrected chi connectivity index (χ1v) is 6.11. The molecule has 0 spiro atoms. The summed E-state index contributed by atoms with van der Waals surface area (Å²) in [5.74, 6) is 0.806. The fourth-order valence-electron chi connectivity index (χ4n) is 2.42. The molecule has 0 aliphatic carbocycles. The molecule has 1 aliphatic heterocycles. The number of hydrogen-bond donors (Lipinski definition) is 0. The summed E-state index contributed by atoms with van der Waals surface area (Å²) in [5.41, 5.74) is 2.36. The van der Waals surface area contributed by atoms with Crippen LogP contribution in [0.4, 0.5) is 5.69 Å². The molecule has 18 heavy (non-hydrogen) atoms. The van der Waals surface area contributed by atoms with E-state index in [1.165, 1.54) is 18.4 Å². The monoisotopic (exact) mass is 249 g/mol. The van der Waals surface area contributed by atoms with E-state index in [2.05, 4.69) is 36.6 Å². The molecule has 4 nitrogen and oxygen atoms in total. The van der Waals surface area contributed by atoms with Gasteiger partial charge in [0, 0.05) is 30.3 Å². The Balaban J connectivity index is 2.27. The molecule has 0 fully saturated rings. The Morgan fingerprint density at radius 2 is 2.11 bits per heavy atom. The molecular weight excluding hydrogens is 230 g/mol. The zero-order valence-electron chi connectivity index (χ0n) is 11.3. The molecule has 0 saturated carbocycles. The average Bonchev–Trinajstić information content (AvgIpc) is 2.61. The third kappa shape index (κ3) is 2.03. The molecule has 0 aromatic heterocycles. The normalized spacial score (nSPS) is 21.7. The smallest absolute Gasteiger partial charge is 0.343 e. The first kappa shape index (κ1) is 12.7. The van der Waals surface area contributed by atoms with Crippen molar-refractivity contribution in [3.63, 3.8) is 0 Å². The molecule has 2 unspecified atom stereocenters. The van der Waals surface area contributed by atoms with Crippen molar-refractivity contribution in [1.29, 1.82) is 0 Å². The number of esters is 1. The van der Waals surface area contributed by atoms with Gasteiger partial charge in [-0.2, -0.15) is 0 Å². The maximum absolute atomic E-state index is 11.1. The Bertz CT molecular complexity index is 458. The molecular formula is C14H19NO3. The summed E-state index contributed by atoms with van der Waals surface area (Å²) in [6.07, 6.45) is 0. The minimum Gasteiger partial charge on any atom is -0.482 e. The van der Waals surface area contributed by atoms with Gasteiger partial charge in [0.2, 0.25) is 0 Å². The van der Waals surface area contributed by atoms with E-state index in [-0.39, 0.29) is 12.6 Å².